The van der Waals surface area contributed by atoms with E-state index in [4.69, 9.17) is 0 Å². The highest BCUT2D eigenvalue weighted by Crippen LogP contribution is 2.36. The first-order chi connectivity index (χ1) is 12.2. The Morgan fingerprint density at radius 3 is 1.88 bits per heavy atom. The van der Waals surface area contributed by atoms with Gasteiger partial charge in [-0.05, 0) is 53.4 Å². The van der Waals surface area contributed by atoms with Gasteiger partial charge >= 0.3 is 0 Å². The monoisotopic (exact) mass is 342 g/mol. The number of rotatable bonds is 4. The number of fused-ring (bicyclic) bond motifs is 1. The predicted octanol–water partition coefficient (Wildman–Crippen LogP) is 5.04. The van der Waals surface area contributed by atoms with E-state index < -0.39 is 7.92 Å². The van der Waals surface area contributed by atoms with E-state index in [9.17, 15) is 0 Å². The van der Waals surface area contributed by atoms with Gasteiger partial charge in [-0.2, -0.15) is 0 Å². The van der Waals surface area contributed by atoms with E-state index >= 15 is 0 Å². The van der Waals surface area contributed by atoms with Crippen molar-refractivity contribution >= 4 is 29.9 Å². The summed E-state index contributed by atoms with van der Waals surface area (Å²) in [6.45, 7) is 4.58. The molecule has 1 heteroatoms. The molecule has 3 aromatic rings. The molecule has 0 atom stereocenters. The molecule has 0 nitrogen and oxygen atoms in total. The standard InChI is InChI=1S/C24H23P/c1-18(2)20-15-19-13-14-24(17-21(19)16-20)25(22-9-5-3-6-10-22)23-11-7-4-8-12-23/h3-14,16-18H,15H2,1-2H3. The quantitative estimate of drug-likeness (QED) is 0.583. The van der Waals surface area contributed by atoms with Crippen LogP contribution in [0.25, 0.3) is 6.08 Å². The summed E-state index contributed by atoms with van der Waals surface area (Å²) < 4.78 is 0. The molecule has 0 heterocycles. The maximum absolute atomic E-state index is 2.43. The molecule has 0 unspecified atom stereocenters. The van der Waals surface area contributed by atoms with Crippen molar-refractivity contribution in [3.05, 3.63) is 95.6 Å². The molecule has 0 bridgehead atoms. The molecule has 4 rings (SSSR count). The summed E-state index contributed by atoms with van der Waals surface area (Å²) in [5.74, 6) is 0.626. The van der Waals surface area contributed by atoms with Gasteiger partial charge in [0.05, 0.1) is 0 Å². The Morgan fingerprint density at radius 2 is 1.32 bits per heavy atom. The van der Waals surface area contributed by atoms with E-state index in [2.05, 4.69) is 98.8 Å². The highest BCUT2D eigenvalue weighted by molar-refractivity contribution is 7.79. The lowest BCUT2D eigenvalue weighted by atomic mass is 10.0. The van der Waals surface area contributed by atoms with Gasteiger partial charge < -0.3 is 0 Å². The molecule has 0 aliphatic heterocycles. The number of hydrogen-bond donors (Lipinski definition) is 0. The van der Waals surface area contributed by atoms with Gasteiger partial charge in [0, 0.05) is 0 Å². The number of allylic oxidation sites excluding steroid dienone is 1. The minimum absolute atomic E-state index is 0.511. The Balaban J connectivity index is 1.81. The van der Waals surface area contributed by atoms with Crippen molar-refractivity contribution in [3.8, 4) is 0 Å². The molecule has 0 fully saturated rings. The fourth-order valence-corrected chi connectivity index (χ4v) is 5.79. The van der Waals surface area contributed by atoms with Crippen LogP contribution in [0.1, 0.15) is 25.0 Å². The Morgan fingerprint density at radius 1 is 0.720 bits per heavy atom. The fourth-order valence-electron chi connectivity index (χ4n) is 3.46. The summed E-state index contributed by atoms with van der Waals surface area (Å²) >= 11 is 0. The summed E-state index contributed by atoms with van der Waals surface area (Å²) in [6.07, 6.45) is 3.52. The summed E-state index contributed by atoms with van der Waals surface area (Å²) in [7, 11) is -0.511. The lowest BCUT2D eigenvalue weighted by Gasteiger charge is -2.20. The van der Waals surface area contributed by atoms with Gasteiger partial charge in [0.25, 0.3) is 0 Å². The van der Waals surface area contributed by atoms with Crippen LogP contribution in [0.2, 0.25) is 0 Å². The van der Waals surface area contributed by atoms with Gasteiger partial charge in [-0.25, -0.2) is 0 Å². The second-order valence-electron chi connectivity index (χ2n) is 6.94. The minimum Gasteiger partial charge on any atom is -0.0626 e. The molecular weight excluding hydrogens is 319 g/mol. The van der Waals surface area contributed by atoms with Crippen LogP contribution in [0.3, 0.4) is 0 Å². The van der Waals surface area contributed by atoms with Crippen molar-refractivity contribution in [2.75, 3.05) is 0 Å². The van der Waals surface area contributed by atoms with E-state index in [1.54, 1.807) is 5.57 Å². The maximum Gasteiger partial charge on any atom is -0.00553 e. The van der Waals surface area contributed by atoms with Crippen molar-refractivity contribution in [1.29, 1.82) is 0 Å². The maximum atomic E-state index is 2.43. The lowest BCUT2D eigenvalue weighted by Crippen LogP contribution is -2.20. The van der Waals surface area contributed by atoms with Crippen molar-refractivity contribution in [2.45, 2.75) is 20.3 Å². The van der Waals surface area contributed by atoms with E-state index in [0.717, 1.165) is 6.42 Å². The topological polar surface area (TPSA) is 0 Å². The zero-order chi connectivity index (χ0) is 17.2. The van der Waals surface area contributed by atoms with Crippen molar-refractivity contribution < 1.29 is 0 Å². The summed E-state index contributed by atoms with van der Waals surface area (Å²) in [6, 6.07) is 29.0. The molecule has 1 aliphatic carbocycles. The second-order valence-corrected chi connectivity index (χ2v) is 9.16. The number of benzene rings is 3. The largest absolute Gasteiger partial charge is 0.0626 e. The third kappa shape index (κ3) is 3.32. The molecule has 3 aromatic carbocycles. The molecule has 0 saturated heterocycles. The lowest BCUT2D eigenvalue weighted by molar-refractivity contribution is 0.754. The number of hydrogen-bond acceptors (Lipinski definition) is 0. The van der Waals surface area contributed by atoms with Crippen molar-refractivity contribution in [1.82, 2.24) is 0 Å². The van der Waals surface area contributed by atoms with Gasteiger partial charge in [-0.1, -0.05) is 98.3 Å². The molecule has 124 valence electrons. The smallest absolute Gasteiger partial charge is 0.00553 e. The molecular formula is C24H23P. The zero-order valence-corrected chi connectivity index (χ0v) is 15.7. The minimum atomic E-state index is -0.511. The Bertz CT molecular complexity index is 852. The average molecular weight is 342 g/mol. The van der Waals surface area contributed by atoms with Crippen LogP contribution < -0.4 is 15.9 Å². The van der Waals surface area contributed by atoms with Gasteiger partial charge in [-0.15, -0.1) is 0 Å². The van der Waals surface area contributed by atoms with Crippen LogP contribution >= 0.6 is 7.92 Å². The highest BCUT2D eigenvalue weighted by Gasteiger charge is 2.20. The zero-order valence-electron chi connectivity index (χ0n) is 14.8. The highest BCUT2D eigenvalue weighted by atomic mass is 31.1. The molecule has 1 aliphatic rings. The molecule has 0 amide bonds. The average Bonchev–Trinajstić information content (AvgIpc) is 3.08. The van der Waals surface area contributed by atoms with E-state index in [1.165, 1.54) is 27.0 Å². The van der Waals surface area contributed by atoms with Crippen LogP contribution in [0.4, 0.5) is 0 Å². The molecule has 0 saturated carbocycles. The molecule has 0 radical (unpaired) electrons. The predicted molar refractivity (Wildman–Crippen MR) is 112 cm³/mol. The van der Waals surface area contributed by atoms with Crippen LogP contribution in [0.15, 0.2) is 84.4 Å². The third-order valence-corrected chi connectivity index (χ3v) is 7.32. The van der Waals surface area contributed by atoms with Gasteiger partial charge in [0.1, 0.15) is 0 Å². The van der Waals surface area contributed by atoms with Crippen molar-refractivity contribution in [2.24, 2.45) is 5.92 Å². The second kappa shape index (κ2) is 6.98. The Kier molecular flexibility index (Phi) is 4.55. The SMILES string of the molecule is CC(C)C1=Cc2cc(P(c3ccccc3)c3ccccc3)ccc2C1. The molecule has 0 N–H and O–H groups in total. The van der Waals surface area contributed by atoms with E-state index in [1.807, 2.05) is 0 Å². The molecule has 25 heavy (non-hydrogen) atoms. The van der Waals surface area contributed by atoms with E-state index in [0.29, 0.717) is 5.92 Å². The summed E-state index contributed by atoms with van der Waals surface area (Å²) in [5, 5.41) is 4.26. The van der Waals surface area contributed by atoms with Crippen molar-refractivity contribution in [3.63, 3.8) is 0 Å². The van der Waals surface area contributed by atoms with E-state index in [-0.39, 0.29) is 0 Å². The third-order valence-electron chi connectivity index (χ3n) is 4.89. The Hall–Kier alpha value is -2.17. The van der Waals surface area contributed by atoms with Gasteiger partial charge in [0.15, 0.2) is 0 Å². The van der Waals surface area contributed by atoms with Crippen LogP contribution in [0.5, 0.6) is 0 Å². The molecule has 0 spiro atoms. The normalized spacial score (nSPS) is 13.2. The first kappa shape index (κ1) is 16.3. The van der Waals surface area contributed by atoms with Crippen LogP contribution in [-0.4, -0.2) is 0 Å². The first-order valence-electron chi connectivity index (χ1n) is 8.96. The van der Waals surface area contributed by atoms with Gasteiger partial charge in [0.2, 0.25) is 0 Å². The van der Waals surface area contributed by atoms with Gasteiger partial charge in [-0.3, -0.25) is 0 Å². The van der Waals surface area contributed by atoms with Crippen LogP contribution in [0, 0.1) is 5.92 Å². The fraction of sp³-hybridized carbons (Fsp3) is 0.167. The Labute approximate surface area is 152 Å². The first-order valence-corrected chi connectivity index (χ1v) is 10.3. The summed E-state index contributed by atoms with van der Waals surface area (Å²) in [5.41, 5.74) is 4.44. The van der Waals surface area contributed by atoms with Crippen LogP contribution in [-0.2, 0) is 6.42 Å². The molecule has 0 aromatic heterocycles. The summed E-state index contributed by atoms with van der Waals surface area (Å²) in [4.78, 5) is 0.